The van der Waals surface area contributed by atoms with Crippen molar-refractivity contribution < 1.29 is 61.4 Å². The van der Waals surface area contributed by atoms with Crippen molar-refractivity contribution in [1.29, 1.82) is 0 Å². The van der Waals surface area contributed by atoms with E-state index in [-0.39, 0.29) is 20.4 Å². The van der Waals surface area contributed by atoms with Gasteiger partial charge in [-0.15, -0.1) is 0 Å². The summed E-state index contributed by atoms with van der Waals surface area (Å²) in [5.74, 6) is -12.4. The largest absolute Gasteiger partial charge is 0.457 e. The van der Waals surface area contributed by atoms with Crippen molar-refractivity contribution >= 4 is 11.8 Å². The molecule has 0 saturated heterocycles. The molecule has 0 spiro atoms. The van der Waals surface area contributed by atoms with E-state index in [4.69, 9.17) is 0 Å². The second-order valence-corrected chi connectivity index (χ2v) is 1.77. The number of hydrogen-bond donors (Lipinski definition) is 0. The summed E-state index contributed by atoms with van der Waals surface area (Å²) in [7, 11) is 0. The van der Waals surface area contributed by atoms with Gasteiger partial charge >= 0.3 is 23.9 Å². The SMILES string of the molecule is O=C(OF)C(F)(F)C(=O)C(F)(F)F.[Pd]. The van der Waals surface area contributed by atoms with Gasteiger partial charge in [-0.1, -0.05) is 0 Å². The molecule has 0 saturated carbocycles. The van der Waals surface area contributed by atoms with Crippen molar-refractivity contribution in [2.24, 2.45) is 0 Å². The Kier molecular flexibility index (Phi) is 5.37. The number of Topliss-reactive ketones (excluding diaryl/α,β-unsaturated/α-hetero) is 1. The summed E-state index contributed by atoms with van der Waals surface area (Å²) in [5, 5.41) is 0. The van der Waals surface area contributed by atoms with Crippen LogP contribution >= 0.6 is 0 Å². The molecule has 0 amide bonds. The molecular formula is C4F6O3Pd. The minimum absolute atomic E-state index is 0. The van der Waals surface area contributed by atoms with E-state index in [1.54, 1.807) is 0 Å². The molecule has 0 aromatic rings. The molecule has 0 fully saturated rings. The van der Waals surface area contributed by atoms with Crippen LogP contribution in [0.5, 0.6) is 0 Å². The zero-order valence-corrected chi connectivity index (χ0v) is 7.36. The average molecular weight is 316 g/mol. The molecule has 14 heavy (non-hydrogen) atoms. The molecule has 0 heterocycles. The monoisotopic (exact) mass is 316 g/mol. The van der Waals surface area contributed by atoms with E-state index in [1.165, 1.54) is 0 Å². The van der Waals surface area contributed by atoms with E-state index < -0.39 is 23.9 Å². The van der Waals surface area contributed by atoms with Crippen LogP contribution in [0.1, 0.15) is 0 Å². The number of carbonyl (C=O) groups is 2. The Bertz CT molecular complexity index is 236. The molecule has 0 rings (SSSR count). The van der Waals surface area contributed by atoms with Crippen LogP contribution in [0.25, 0.3) is 0 Å². The van der Waals surface area contributed by atoms with Crippen LogP contribution in [0.2, 0.25) is 0 Å². The van der Waals surface area contributed by atoms with Gasteiger partial charge in [0, 0.05) is 24.9 Å². The number of halogens is 6. The standard InChI is InChI=1S/C4F6O3.Pd/c5-3(6,2(12)13-10)1(11)4(7,8)9;. The Hall–Kier alpha value is -0.618. The van der Waals surface area contributed by atoms with E-state index in [1.807, 2.05) is 4.94 Å². The predicted octanol–water partition coefficient (Wildman–Crippen LogP) is 1.18. The number of rotatable bonds is 2. The van der Waals surface area contributed by atoms with Crippen molar-refractivity contribution in [2.45, 2.75) is 12.1 Å². The molecule has 0 aliphatic rings. The zero-order valence-electron chi connectivity index (χ0n) is 5.81. The van der Waals surface area contributed by atoms with Gasteiger partial charge in [0.05, 0.1) is 0 Å². The molecule has 0 unspecified atom stereocenters. The van der Waals surface area contributed by atoms with Gasteiger partial charge in [-0.3, -0.25) is 4.79 Å². The number of carbonyl (C=O) groups excluding carboxylic acids is 2. The second kappa shape index (κ2) is 4.75. The van der Waals surface area contributed by atoms with Crippen molar-refractivity contribution in [3.05, 3.63) is 0 Å². The maximum absolute atomic E-state index is 11.9. The molecule has 86 valence electrons. The van der Waals surface area contributed by atoms with E-state index in [0.29, 0.717) is 0 Å². The van der Waals surface area contributed by atoms with Gasteiger partial charge in [-0.05, 0) is 0 Å². The number of alkyl halides is 5. The van der Waals surface area contributed by atoms with Crippen molar-refractivity contribution in [2.75, 3.05) is 0 Å². The first-order valence-corrected chi connectivity index (χ1v) is 2.46. The maximum Gasteiger partial charge on any atom is 0.457 e. The fourth-order valence-electron chi connectivity index (χ4n) is 0.319. The van der Waals surface area contributed by atoms with Crippen molar-refractivity contribution in [3.8, 4) is 0 Å². The third-order valence-corrected chi connectivity index (χ3v) is 0.869. The molecule has 0 aliphatic heterocycles. The summed E-state index contributed by atoms with van der Waals surface area (Å²) in [4.78, 5) is 21.2. The third-order valence-electron chi connectivity index (χ3n) is 0.869. The van der Waals surface area contributed by atoms with Crippen LogP contribution < -0.4 is 0 Å². The molecule has 0 N–H and O–H groups in total. The average Bonchev–Trinajstić information content (AvgIpc) is 1.99. The number of ketones is 1. The van der Waals surface area contributed by atoms with Crippen molar-refractivity contribution in [1.82, 2.24) is 0 Å². The van der Waals surface area contributed by atoms with Gasteiger partial charge in [-0.2, -0.15) is 22.0 Å². The number of hydrogen-bond acceptors (Lipinski definition) is 3. The Labute approximate surface area is 85.9 Å². The Morgan fingerprint density at radius 3 is 1.57 bits per heavy atom. The van der Waals surface area contributed by atoms with Crippen LogP contribution in [-0.2, 0) is 35.0 Å². The minimum Gasteiger partial charge on any atom is -0.282 e. The van der Waals surface area contributed by atoms with Gasteiger partial charge in [-0.25, -0.2) is 9.74 Å². The topological polar surface area (TPSA) is 43.4 Å². The molecule has 3 nitrogen and oxygen atoms in total. The third kappa shape index (κ3) is 3.27. The quantitative estimate of drug-likeness (QED) is 0.436. The summed E-state index contributed by atoms with van der Waals surface area (Å²) < 4.78 is 68.5. The first kappa shape index (κ1) is 15.8. The molecule has 0 aromatic heterocycles. The van der Waals surface area contributed by atoms with E-state index >= 15 is 0 Å². The van der Waals surface area contributed by atoms with Crippen molar-refractivity contribution in [3.63, 3.8) is 0 Å². The van der Waals surface area contributed by atoms with Gasteiger partial charge in [0.15, 0.2) is 0 Å². The van der Waals surface area contributed by atoms with E-state index in [0.717, 1.165) is 0 Å². The first-order chi connectivity index (χ1) is 5.64. The molecule has 0 aliphatic carbocycles. The molecule has 10 heteroatoms. The first-order valence-electron chi connectivity index (χ1n) is 2.46. The molecule has 0 atom stereocenters. The van der Waals surface area contributed by atoms with Crippen LogP contribution in [0.3, 0.4) is 0 Å². The van der Waals surface area contributed by atoms with Gasteiger partial charge in [0.25, 0.3) is 0 Å². The van der Waals surface area contributed by atoms with E-state index in [2.05, 4.69) is 0 Å². The smallest absolute Gasteiger partial charge is 0.282 e. The van der Waals surface area contributed by atoms with Crippen LogP contribution in [-0.4, -0.2) is 23.9 Å². The van der Waals surface area contributed by atoms with Crippen LogP contribution in [0, 0.1) is 0 Å². The fourth-order valence-corrected chi connectivity index (χ4v) is 0.319. The van der Waals surface area contributed by atoms with Gasteiger partial charge < -0.3 is 0 Å². The van der Waals surface area contributed by atoms with Crippen LogP contribution in [0.4, 0.5) is 26.5 Å². The Morgan fingerprint density at radius 1 is 1.00 bits per heavy atom. The molecule has 0 radical (unpaired) electrons. The predicted molar refractivity (Wildman–Crippen MR) is 23.2 cm³/mol. The summed E-state index contributed by atoms with van der Waals surface area (Å²) in [6, 6.07) is 0. The van der Waals surface area contributed by atoms with Gasteiger partial charge in [0.1, 0.15) is 0 Å². The summed E-state index contributed by atoms with van der Waals surface area (Å²) in [5.41, 5.74) is 0. The summed E-state index contributed by atoms with van der Waals surface area (Å²) in [6.07, 6.45) is -5.93. The molecule has 0 bridgehead atoms. The molecular weight excluding hydrogens is 316 g/mol. The zero-order chi connectivity index (χ0) is 10.9. The summed E-state index contributed by atoms with van der Waals surface area (Å²) in [6.45, 7) is 0. The van der Waals surface area contributed by atoms with E-state index in [9.17, 15) is 36.1 Å². The Balaban J connectivity index is 0. The molecule has 0 aromatic carbocycles. The second-order valence-electron chi connectivity index (χ2n) is 1.77. The summed E-state index contributed by atoms with van der Waals surface area (Å²) >= 11 is 0. The fraction of sp³-hybridized carbons (Fsp3) is 0.500. The van der Waals surface area contributed by atoms with Gasteiger partial charge in [0.2, 0.25) is 0 Å². The maximum atomic E-state index is 11.9. The normalized spacial score (nSPS) is 11.6. The van der Waals surface area contributed by atoms with Crippen LogP contribution in [0.15, 0.2) is 0 Å². The Morgan fingerprint density at radius 2 is 1.36 bits per heavy atom. The minimum atomic E-state index is -5.93.